The number of hydrogen-bond acceptors (Lipinski definition) is 4. The van der Waals surface area contributed by atoms with Gasteiger partial charge in [0, 0.05) is 37.4 Å². The molecule has 9 heteroatoms. The number of sulfonamides is 1. The lowest BCUT2D eigenvalue weighted by molar-refractivity contribution is 0.271. The minimum Gasteiger partial charge on any atom is -0.336 e. The Bertz CT molecular complexity index is 839. The van der Waals surface area contributed by atoms with Crippen molar-refractivity contribution in [2.75, 3.05) is 19.6 Å². The summed E-state index contributed by atoms with van der Waals surface area (Å²) < 4.78 is 29.6. The summed E-state index contributed by atoms with van der Waals surface area (Å²) in [7, 11) is -3.67. The first-order chi connectivity index (χ1) is 11.9. The highest BCUT2D eigenvalue weighted by Gasteiger charge is 2.35. The van der Waals surface area contributed by atoms with Gasteiger partial charge < -0.3 is 9.88 Å². The summed E-state index contributed by atoms with van der Waals surface area (Å²) in [4.78, 5) is 4.15. The minimum absolute atomic E-state index is 0. The molecule has 1 saturated heterocycles. The van der Waals surface area contributed by atoms with Gasteiger partial charge in [0.1, 0.15) is 0 Å². The normalized spacial score (nSPS) is 18.7. The summed E-state index contributed by atoms with van der Waals surface area (Å²) in [5.74, 6) is 0.420. The van der Waals surface area contributed by atoms with E-state index < -0.39 is 10.0 Å². The number of rotatable bonds is 5. The molecule has 1 unspecified atom stereocenters. The van der Waals surface area contributed by atoms with E-state index in [1.54, 1.807) is 18.6 Å². The van der Waals surface area contributed by atoms with Crippen molar-refractivity contribution in [3.8, 4) is 0 Å². The van der Waals surface area contributed by atoms with Gasteiger partial charge >= 0.3 is 0 Å². The molecule has 2 aromatic rings. The highest BCUT2D eigenvalue weighted by Crippen LogP contribution is 2.29. The van der Waals surface area contributed by atoms with Crippen molar-refractivity contribution in [1.82, 2.24) is 19.2 Å². The summed E-state index contributed by atoms with van der Waals surface area (Å²) in [6, 6.07) is 7.05. The average Bonchev–Trinajstić information content (AvgIpc) is 3.03. The number of aromatic nitrogens is 2. The maximum absolute atomic E-state index is 13.1. The van der Waals surface area contributed by atoms with Crippen LogP contribution >= 0.6 is 24.0 Å². The number of nitrogens with zero attached hydrogens (tertiary/aromatic N) is 3. The van der Waals surface area contributed by atoms with Crippen molar-refractivity contribution in [3.63, 3.8) is 0 Å². The van der Waals surface area contributed by atoms with Gasteiger partial charge in [-0.25, -0.2) is 13.4 Å². The van der Waals surface area contributed by atoms with Crippen molar-refractivity contribution in [1.29, 1.82) is 0 Å². The van der Waals surface area contributed by atoms with Crippen molar-refractivity contribution in [2.24, 2.45) is 5.92 Å². The van der Waals surface area contributed by atoms with Gasteiger partial charge in [-0.15, -0.1) is 12.4 Å². The van der Waals surface area contributed by atoms with E-state index in [4.69, 9.17) is 11.6 Å². The second-order valence-corrected chi connectivity index (χ2v) is 8.97. The van der Waals surface area contributed by atoms with Crippen molar-refractivity contribution in [2.45, 2.75) is 31.5 Å². The molecule has 0 aliphatic carbocycles. The van der Waals surface area contributed by atoms with E-state index in [9.17, 15) is 8.42 Å². The minimum atomic E-state index is -3.67. The zero-order valence-corrected chi connectivity index (χ0v) is 17.2. The predicted octanol–water partition coefficient (Wildman–Crippen LogP) is 2.95. The van der Waals surface area contributed by atoms with Crippen LogP contribution in [0.1, 0.15) is 25.5 Å². The van der Waals surface area contributed by atoms with E-state index in [0.29, 0.717) is 30.6 Å². The summed E-state index contributed by atoms with van der Waals surface area (Å²) >= 11 is 6.09. The average molecular weight is 419 g/mol. The third kappa shape index (κ3) is 4.58. The van der Waals surface area contributed by atoms with Crippen LogP contribution < -0.4 is 5.32 Å². The smallest absolute Gasteiger partial charge is 0.262 e. The Hall–Kier alpha value is -1.12. The number of benzene rings is 1. The molecule has 26 heavy (non-hydrogen) atoms. The molecule has 1 N–H and O–H groups in total. The molecule has 144 valence electrons. The molecule has 3 rings (SSSR count). The molecular formula is C17H24Cl2N4O2S. The van der Waals surface area contributed by atoms with Crippen LogP contribution in [0.5, 0.6) is 0 Å². The van der Waals surface area contributed by atoms with E-state index in [1.165, 1.54) is 4.31 Å². The molecule has 6 nitrogen and oxygen atoms in total. The van der Waals surface area contributed by atoms with Gasteiger partial charge in [-0.05, 0) is 23.6 Å². The first-order valence-electron chi connectivity index (χ1n) is 8.37. The number of halogens is 2. The summed E-state index contributed by atoms with van der Waals surface area (Å²) in [5, 5.41) is 3.96. The third-order valence-corrected chi connectivity index (χ3v) is 6.22. The zero-order valence-electron chi connectivity index (χ0n) is 14.8. The fraction of sp³-hybridized carbons (Fsp3) is 0.471. The fourth-order valence-electron chi connectivity index (χ4n) is 3.09. The van der Waals surface area contributed by atoms with Crippen LogP contribution in [0.3, 0.4) is 0 Å². The lowest BCUT2D eigenvalue weighted by atomic mass is 10.1. The monoisotopic (exact) mass is 418 g/mol. The van der Waals surface area contributed by atoms with Gasteiger partial charge in [0.05, 0.1) is 12.4 Å². The van der Waals surface area contributed by atoms with E-state index in [2.05, 4.69) is 24.1 Å². The highest BCUT2D eigenvalue weighted by molar-refractivity contribution is 7.89. The largest absolute Gasteiger partial charge is 0.336 e. The number of imidazole rings is 1. The molecule has 2 heterocycles. The van der Waals surface area contributed by atoms with Crippen LogP contribution in [-0.4, -0.2) is 41.9 Å². The van der Waals surface area contributed by atoms with Crippen molar-refractivity contribution < 1.29 is 8.42 Å². The molecule has 1 aromatic carbocycles. The topological polar surface area (TPSA) is 67.2 Å². The molecule has 1 aliphatic rings. The zero-order chi connectivity index (χ0) is 18.0. The van der Waals surface area contributed by atoms with Gasteiger partial charge in [0.25, 0.3) is 10.0 Å². The van der Waals surface area contributed by atoms with Crippen molar-refractivity contribution in [3.05, 3.63) is 47.4 Å². The van der Waals surface area contributed by atoms with Crippen LogP contribution in [0.15, 0.2) is 41.8 Å². The SMILES string of the molecule is CC(C)Cn1cnc(S(=O)(=O)N2CCNCC2c2cccc(Cl)c2)c1.Cl. The van der Waals surface area contributed by atoms with Crippen LogP contribution in [0.2, 0.25) is 5.02 Å². The quantitative estimate of drug-likeness (QED) is 0.809. The van der Waals surface area contributed by atoms with Gasteiger partial charge in [-0.3, -0.25) is 0 Å². The Morgan fingerprint density at radius 1 is 1.38 bits per heavy atom. The molecule has 1 aliphatic heterocycles. The summed E-state index contributed by atoms with van der Waals surface area (Å²) in [6.45, 7) is 6.47. The molecule has 1 aromatic heterocycles. The van der Waals surface area contributed by atoms with Crippen LogP contribution in [0.4, 0.5) is 0 Å². The van der Waals surface area contributed by atoms with Crippen LogP contribution in [-0.2, 0) is 16.6 Å². The van der Waals surface area contributed by atoms with Gasteiger partial charge in [0.2, 0.25) is 0 Å². The Morgan fingerprint density at radius 3 is 2.85 bits per heavy atom. The third-order valence-electron chi connectivity index (χ3n) is 4.19. The molecule has 0 bridgehead atoms. The van der Waals surface area contributed by atoms with E-state index >= 15 is 0 Å². The molecule has 0 amide bonds. The molecular weight excluding hydrogens is 395 g/mol. The Kier molecular flexibility index (Phi) is 7.10. The molecule has 0 radical (unpaired) electrons. The highest BCUT2D eigenvalue weighted by atomic mass is 35.5. The number of nitrogens with one attached hydrogen (secondary N) is 1. The second kappa shape index (κ2) is 8.71. The maximum Gasteiger partial charge on any atom is 0.262 e. The summed E-state index contributed by atoms with van der Waals surface area (Å²) in [5.41, 5.74) is 0.880. The van der Waals surface area contributed by atoms with E-state index in [1.807, 2.05) is 22.8 Å². The predicted molar refractivity (Wildman–Crippen MR) is 105 cm³/mol. The molecule has 0 saturated carbocycles. The molecule has 0 spiro atoms. The second-order valence-electron chi connectivity index (χ2n) is 6.69. The van der Waals surface area contributed by atoms with E-state index in [0.717, 1.165) is 12.1 Å². The fourth-order valence-corrected chi connectivity index (χ4v) is 4.84. The van der Waals surface area contributed by atoms with Gasteiger partial charge in [-0.1, -0.05) is 37.6 Å². The van der Waals surface area contributed by atoms with Crippen LogP contribution in [0, 0.1) is 5.92 Å². The lowest BCUT2D eigenvalue weighted by Crippen LogP contribution is -2.48. The van der Waals surface area contributed by atoms with E-state index in [-0.39, 0.29) is 23.5 Å². The first kappa shape index (κ1) is 21.2. The Morgan fingerprint density at radius 2 is 2.15 bits per heavy atom. The van der Waals surface area contributed by atoms with Crippen molar-refractivity contribution >= 4 is 34.0 Å². The summed E-state index contributed by atoms with van der Waals surface area (Å²) in [6.07, 6.45) is 3.20. The lowest BCUT2D eigenvalue weighted by Gasteiger charge is -2.35. The number of piperazine rings is 1. The molecule has 1 fully saturated rings. The standard InChI is InChI=1S/C17H23ClN4O2S.ClH/c1-13(2)10-21-11-17(20-12-21)25(23,24)22-7-6-19-9-16(22)14-4-3-5-15(18)8-14;/h3-5,8,11-13,16,19H,6-7,9-10H2,1-2H3;1H. The molecule has 1 atom stereocenters. The first-order valence-corrected chi connectivity index (χ1v) is 10.2. The Balaban J connectivity index is 0.00000243. The Labute approximate surface area is 166 Å². The van der Waals surface area contributed by atoms with Gasteiger partial charge in [0.15, 0.2) is 5.03 Å². The van der Waals surface area contributed by atoms with Crippen LogP contribution in [0.25, 0.3) is 0 Å². The maximum atomic E-state index is 13.1. The van der Waals surface area contributed by atoms with Gasteiger partial charge in [-0.2, -0.15) is 4.31 Å². The number of hydrogen-bond donors (Lipinski definition) is 1.